The first-order valence-electron chi connectivity index (χ1n) is 13.5. The van der Waals surface area contributed by atoms with Gasteiger partial charge in [0.15, 0.2) is 0 Å². The quantitative estimate of drug-likeness (QED) is 0.318. The molecule has 5 nitrogen and oxygen atoms in total. The van der Waals surface area contributed by atoms with Crippen molar-refractivity contribution in [2.45, 2.75) is 38.6 Å². The van der Waals surface area contributed by atoms with Gasteiger partial charge in [-0.05, 0) is 85.3 Å². The molecule has 3 aromatic rings. The number of carbonyl (C=O) groups is 1. The van der Waals surface area contributed by atoms with Gasteiger partial charge in [0.05, 0.1) is 6.42 Å². The van der Waals surface area contributed by atoms with Crippen LogP contribution in [0.25, 0.3) is 10.8 Å². The van der Waals surface area contributed by atoms with E-state index in [2.05, 4.69) is 101 Å². The van der Waals surface area contributed by atoms with Crippen molar-refractivity contribution in [3.8, 4) is 0 Å². The monoisotopic (exact) mass is 522 g/mol. The van der Waals surface area contributed by atoms with Crippen molar-refractivity contribution in [3.05, 3.63) is 77.9 Å². The van der Waals surface area contributed by atoms with Crippen LogP contribution in [0.4, 0.5) is 5.69 Å². The molecule has 1 amide bonds. The Bertz CT molecular complexity index is 1090. The lowest BCUT2D eigenvalue weighted by atomic mass is 9.95. The first-order chi connectivity index (χ1) is 17.6. The lowest BCUT2D eigenvalue weighted by Crippen LogP contribution is -2.41. The average molecular weight is 523 g/mol. The first kappa shape index (κ1) is 29.0. The van der Waals surface area contributed by atoms with Gasteiger partial charge >= 0.3 is 0 Å². The molecule has 0 unspecified atom stereocenters. The maximum atomic E-state index is 12.9. The Kier molecular flexibility index (Phi) is 11.7. The van der Waals surface area contributed by atoms with Crippen LogP contribution in [-0.2, 0) is 17.8 Å². The number of piperidine rings is 1. The predicted octanol–water partition coefficient (Wildman–Crippen LogP) is 5.27. The van der Waals surface area contributed by atoms with Gasteiger partial charge in [-0.2, -0.15) is 0 Å². The van der Waals surface area contributed by atoms with E-state index in [0.717, 1.165) is 57.7 Å². The molecule has 6 heteroatoms. The van der Waals surface area contributed by atoms with E-state index in [1.807, 2.05) is 0 Å². The summed E-state index contributed by atoms with van der Waals surface area (Å²) in [5, 5.41) is 9.61. The van der Waals surface area contributed by atoms with E-state index in [4.69, 9.17) is 0 Å². The number of likely N-dealkylation sites (tertiary alicyclic amines) is 1. The fraction of sp³-hybridized carbons (Fsp3) is 0.452. The predicted molar refractivity (Wildman–Crippen MR) is 159 cm³/mol. The van der Waals surface area contributed by atoms with Crippen LogP contribution in [0.15, 0.2) is 66.7 Å². The molecule has 0 spiro atoms. The smallest absolute Gasteiger partial charge is 0.227 e. The summed E-state index contributed by atoms with van der Waals surface area (Å²) >= 11 is 0. The van der Waals surface area contributed by atoms with Crippen LogP contribution in [0.1, 0.15) is 36.8 Å². The molecule has 0 atom stereocenters. The number of anilines is 1. The first-order valence-corrected chi connectivity index (χ1v) is 13.5. The Morgan fingerprint density at radius 1 is 0.892 bits per heavy atom. The number of nitrogens with one attached hydrogen (secondary N) is 2. The number of unbranched alkanes of at least 4 members (excludes halogenated alkanes) is 1. The number of amides is 1. The molecule has 1 aliphatic heterocycles. The van der Waals surface area contributed by atoms with Crippen molar-refractivity contribution in [1.29, 1.82) is 0 Å². The summed E-state index contributed by atoms with van der Waals surface area (Å²) in [5.74, 6) is 0.939. The molecular weight excluding hydrogens is 480 g/mol. The van der Waals surface area contributed by atoms with E-state index < -0.39 is 0 Å². The molecule has 200 valence electrons. The zero-order valence-corrected chi connectivity index (χ0v) is 23.2. The van der Waals surface area contributed by atoms with Gasteiger partial charge in [-0.25, -0.2) is 0 Å². The SMILES string of the molecule is CN(C)c1ccc(CNCCCCNCC2CCN(C(=O)Cc3cccc4ccccc34)CC2)cc1.Cl. The highest BCUT2D eigenvalue weighted by molar-refractivity contribution is 5.90. The minimum atomic E-state index is 0. The van der Waals surface area contributed by atoms with E-state index in [9.17, 15) is 4.79 Å². The number of fused-ring (bicyclic) bond motifs is 1. The van der Waals surface area contributed by atoms with E-state index >= 15 is 0 Å². The molecule has 0 saturated carbocycles. The zero-order valence-electron chi connectivity index (χ0n) is 22.4. The zero-order chi connectivity index (χ0) is 25.2. The van der Waals surface area contributed by atoms with Crippen LogP contribution >= 0.6 is 12.4 Å². The van der Waals surface area contributed by atoms with Crippen molar-refractivity contribution in [2.75, 3.05) is 51.7 Å². The molecule has 4 rings (SSSR count). The second-order valence-corrected chi connectivity index (χ2v) is 10.3. The Labute approximate surface area is 229 Å². The molecule has 0 aromatic heterocycles. The van der Waals surface area contributed by atoms with Crippen molar-refractivity contribution in [1.82, 2.24) is 15.5 Å². The third-order valence-electron chi connectivity index (χ3n) is 7.36. The summed E-state index contributed by atoms with van der Waals surface area (Å²) in [5.41, 5.74) is 3.71. The fourth-order valence-corrected chi connectivity index (χ4v) is 5.06. The molecular formula is C31H43ClN4O. The molecule has 1 fully saturated rings. The summed E-state index contributed by atoms with van der Waals surface area (Å²) < 4.78 is 0. The fourth-order valence-electron chi connectivity index (χ4n) is 5.06. The Morgan fingerprint density at radius 2 is 1.57 bits per heavy atom. The lowest BCUT2D eigenvalue weighted by molar-refractivity contribution is -0.131. The second-order valence-electron chi connectivity index (χ2n) is 10.3. The minimum Gasteiger partial charge on any atom is -0.378 e. The molecule has 1 heterocycles. The van der Waals surface area contributed by atoms with Crippen molar-refractivity contribution < 1.29 is 4.79 Å². The molecule has 1 aliphatic rings. The third kappa shape index (κ3) is 8.74. The Balaban J connectivity index is 0.00000380. The molecule has 0 bridgehead atoms. The molecule has 0 aliphatic carbocycles. The van der Waals surface area contributed by atoms with Crippen molar-refractivity contribution in [2.24, 2.45) is 5.92 Å². The highest BCUT2D eigenvalue weighted by atomic mass is 35.5. The van der Waals surface area contributed by atoms with Gasteiger partial charge < -0.3 is 20.4 Å². The van der Waals surface area contributed by atoms with E-state index in [1.165, 1.54) is 34.9 Å². The van der Waals surface area contributed by atoms with Crippen LogP contribution in [0.3, 0.4) is 0 Å². The summed E-state index contributed by atoms with van der Waals surface area (Å²) in [6, 6.07) is 23.4. The van der Waals surface area contributed by atoms with E-state index in [-0.39, 0.29) is 18.3 Å². The largest absolute Gasteiger partial charge is 0.378 e. The van der Waals surface area contributed by atoms with Crippen molar-refractivity contribution >= 4 is 34.8 Å². The number of hydrogen-bond acceptors (Lipinski definition) is 4. The molecule has 3 aromatic carbocycles. The van der Waals surface area contributed by atoms with Crippen molar-refractivity contribution in [3.63, 3.8) is 0 Å². The van der Waals surface area contributed by atoms with Gasteiger partial charge in [0.1, 0.15) is 0 Å². The lowest BCUT2D eigenvalue weighted by Gasteiger charge is -2.32. The Morgan fingerprint density at radius 3 is 2.30 bits per heavy atom. The number of nitrogens with zero attached hydrogens (tertiary/aromatic N) is 2. The average Bonchev–Trinajstić information content (AvgIpc) is 2.91. The number of carbonyl (C=O) groups excluding carboxylic acids is 1. The maximum absolute atomic E-state index is 12.9. The second kappa shape index (κ2) is 15.0. The van der Waals surface area contributed by atoms with Gasteiger partial charge in [-0.15, -0.1) is 12.4 Å². The standard InChI is InChI=1S/C31H42N4O.ClH/c1-34(2)29-14-12-25(13-15-29)23-32-18-5-6-19-33-24-26-16-20-35(21-17-26)31(36)22-28-10-7-9-27-8-3-4-11-30(27)28;/h3-4,7-15,26,32-33H,5-6,16-24H2,1-2H3;1H. The number of benzene rings is 3. The van der Waals surface area contributed by atoms with Gasteiger partial charge in [0, 0.05) is 39.4 Å². The summed E-state index contributed by atoms with van der Waals surface area (Å²) in [6.07, 6.45) is 5.07. The van der Waals surface area contributed by atoms with Crippen LogP contribution < -0.4 is 15.5 Å². The number of halogens is 1. The minimum absolute atomic E-state index is 0. The van der Waals surface area contributed by atoms with E-state index in [1.54, 1.807) is 0 Å². The summed E-state index contributed by atoms with van der Waals surface area (Å²) in [7, 11) is 4.14. The van der Waals surface area contributed by atoms with Gasteiger partial charge in [0.2, 0.25) is 5.91 Å². The van der Waals surface area contributed by atoms with Crippen LogP contribution in [0, 0.1) is 5.92 Å². The molecule has 2 N–H and O–H groups in total. The molecule has 37 heavy (non-hydrogen) atoms. The third-order valence-corrected chi connectivity index (χ3v) is 7.36. The van der Waals surface area contributed by atoms with Crippen LogP contribution in [0.5, 0.6) is 0 Å². The highest BCUT2D eigenvalue weighted by Gasteiger charge is 2.22. The summed E-state index contributed by atoms with van der Waals surface area (Å²) in [6.45, 7) is 5.88. The maximum Gasteiger partial charge on any atom is 0.227 e. The molecule has 1 saturated heterocycles. The van der Waals surface area contributed by atoms with E-state index in [0.29, 0.717) is 12.3 Å². The van der Waals surface area contributed by atoms with Gasteiger partial charge in [-0.1, -0.05) is 54.6 Å². The van der Waals surface area contributed by atoms with Crippen LogP contribution in [0.2, 0.25) is 0 Å². The molecule has 0 radical (unpaired) electrons. The summed E-state index contributed by atoms with van der Waals surface area (Å²) in [4.78, 5) is 17.1. The topological polar surface area (TPSA) is 47.6 Å². The van der Waals surface area contributed by atoms with Crippen LogP contribution in [-0.4, -0.2) is 57.6 Å². The number of rotatable bonds is 12. The Hall–Kier alpha value is -2.60. The van der Waals surface area contributed by atoms with Gasteiger partial charge in [-0.3, -0.25) is 4.79 Å². The normalized spacial score (nSPS) is 13.9. The number of hydrogen-bond donors (Lipinski definition) is 2. The highest BCUT2D eigenvalue weighted by Crippen LogP contribution is 2.22. The van der Waals surface area contributed by atoms with Gasteiger partial charge in [0.25, 0.3) is 0 Å².